The number of carbonyl (C=O) groups excluding carboxylic acids is 1. The predicted molar refractivity (Wildman–Crippen MR) is 76.3 cm³/mol. The first-order valence-electron chi connectivity index (χ1n) is 6.40. The molecule has 0 aromatic heterocycles. The summed E-state index contributed by atoms with van der Waals surface area (Å²) in [7, 11) is 0. The van der Waals surface area contributed by atoms with E-state index in [-0.39, 0.29) is 5.91 Å². The minimum absolute atomic E-state index is 0.140. The van der Waals surface area contributed by atoms with Crippen molar-refractivity contribution in [1.82, 2.24) is 10.2 Å². The fourth-order valence-corrected chi connectivity index (χ4v) is 1.78. The molecule has 0 saturated carbocycles. The van der Waals surface area contributed by atoms with Gasteiger partial charge in [0.05, 0.1) is 6.54 Å². The second-order valence-corrected chi connectivity index (χ2v) is 4.14. The summed E-state index contributed by atoms with van der Waals surface area (Å²) in [5.41, 5.74) is 2.11. The van der Waals surface area contributed by atoms with Gasteiger partial charge in [-0.25, -0.2) is 0 Å². The molecule has 0 heterocycles. The summed E-state index contributed by atoms with van der Waals surface area (Å²) < 4.78 is 0. The van der Waals surface area contributed by atoms with Gasteiger partial charge in [-0.1, -0.05) is 36.9 Å². The van der Waals surface area contributed by atoms with E-state index < -0.39 is 0 Å². The Kier molecular flexibility index (Phi) is 6.15. The van der Waals surface area contributed by atoms with Gasteiger partial charge in [0.1, 0.15) is 0 Å². The Morgan fingerprint density at radius 2 is 1.78 bits per heavy atom. The van der Waals surface area contributed by atoms with Gasteiger partial charge < -0.3 is 10.2 Å². The summed E-state index contributed by atoms with van der Waals surface area (Å²) in [6.07, 6.45) is 0. The number of nitrogens with zero attached hydrogens (tertiary/aromatic N) is 1. The van der Waals surface area contributed by atoms with Crippen LogP contribution in [-0.4, -0.2) is 37.0 Å². The van der Waals surface area contributed by atoms with Crippen LogP contribution in [0.4, 0.5) is 0 Å². The first kappa shape index (κ1) is 14.5. The number of nitrogens with one attached hydrogen (secondary N) is 1. The SMILES string of the molecule is C=C(CNCC(=O)N(CC)CC)c1ccccc1. The Balaban J connectivity index is 2.34. The summed E-state index contributed by atoms with van der Waals surface area (Å²) in [5.74, 6) is 0.140. The Morgan fingerprint density at radius 1 is 1.17 bits per heavy atom. The monoisotopic (exact) mass is 246 g/mol. The fourth-order valence-electron chi connectivity index (χ4n) is 1.78. The third kappa shape index (κ3) is 4.34. The number of carbonyl (C=O) groups is 1. The quantitative estimate of drug-likeness (QED) is 0.799. The van der Waals surface area contributed by atoms with Crippen molar-refractivity contribution in [3.8, 4) is 0 Å². The molecule has 0 radical (unpaired) electrons. The first-order chi connectivity index (χ1) is 8.69. The van der Waals surface area contributed by atoms with Crippen molar-refractivity contribution in [3.05, 3.63) is 42.5 Å². The summed E-state index contributed by atoms with van der Waals surface area (Å²) >= 11 is 0. The molecule has 1 amide bonds. The minimum Gasteiger partial charge on any atom is -0.342 e. The second kappa shape index (κ2) is 7.67. The zero-order chi connectivity index (χ0) is 13.4. The predicted octanol–water partition coefficient (Wildman–Crippen LogP) is 2.16. The van der Waals surface area contributed by atoms with Crippen LogP contribution >= 0.6 is 0 Å². The van der Waals surface area contributed by atoms with E-state index in [2.05, 4.69) is 11.9 Å². The average molecular weight is 246 g/mol. The minimum atomic E-state index is 0.140. The van der Waals surface area contributed by atoms with E-state index in [1.54, 1.807) is 0 Å². The van der Waals surface area contributed by atoms with E-state index in [0.29, 0.717) is 13.1 Å². The van der Waals surface area contributed by atoms with Crippen molar-refractivity contribution in [2.45, 2.75) is 13.8 Å². The summed E-state index contributed by atoms with van der Waals surface area (Å²) in [5, 5.41) is 3.14. The van der Waals surface area contributed by atoms with Crippen LogP contribution in [-0.2, 0) is 4.79 Å². The van der Waals surface area contributed by atoms with E-state index in [1.165, 1.54) is 0 Å². The van der Waals surface area contributed by atoms with E-state index >= 15 is 0 Å². The maximum Gasteiger partial charge on any atom is 0.236 e. The van der Waals surface area contributed by atoms with E-state index in [9.17, 15) is 4.79 Å². The van der Waals surface area contributed by atoms with Gasteiger partial charge in [0.25, 0.3) is 0 Å². The zero-order valence-electron chi connectivity index (χ0n) is 11.3. The molecule has 0 aliphatic heterocycles. The third-order valence-electron chi connectivity index (χ3n) is 2.91. The summed E-state index contributed by atoms with van der Waals surface area (Å²) in [4.78, 5) is 13.6. The number of hydrogen-bond acceptors (Lipinski definition) is 2. The number of hydrogen-bond donors (Lipinski definition) is 1. The van der Waals surface area contributed by atoms with Crippen molar-refractivity contribution >= 4 is 11.5 Å². The van der Waals surface area contributed by atoms with Crippen molar-refractivity contribution in [2.24, 2.45) is 0 Å². The van der Waals surface area contributed by atoms with Crippen LogP contribution in [0.25, 0.3) is 5.57 Å². The highest BCUT2D eigenvalue weighted by molar-refractivity contribution is 5.78. The van der Waals surface area contributed by atoms with Gasteiger partial charge in [-0.3, -0.25) is 4.79 Å². The van der Waals surface area contributed by atoms with Gasteiger partial charge >= 0.3 is 0 Å². The standard InChI is InChI=1S/C15H22N2O/c1-4-17(5-2)15(18)12-16-11-13(3)14-9-7-6-8-10-14/h6-10,16H,3-5,11-12H2,1-2H3. The molecular formula is C15H22N2O. The Morgan fingerprint density at radius 3 is 2.33 bits per heavy atom. The van der Waals surface area contributed by atoms with E-state index in [0.717, 1.165) is 24.2 Å². The normalized spacial score (nSPS) is 10.1. The molecule has 1 aromatic carbocycles. The molecule has 3 nitrogen and oxygen atoms in total. The molecule has 18 heavy (non-hydrogen) atoms. The molecule has 0 aliphatic rings. The van der Waals surface area contributed by atoms with Gasteiger partial charge in [0.15, 0.2) is 0 Å². The van der Waals surface area contributed by atoms with Gasteiger partial charge in [-0.15, -0.1) is 0 Å². The molecule has 3 heteroatoms. The third-order valence-corrected chi connectivity index (χ3v) is 2.91. The first-order valence-corrected chi connectivity index (χ1v) is 6.40. The number of likely N-dealkylation sites (N-methyl/N-ethyl adjacent to an activating group) is 1. The average Bonchev–Trinajstić information content (AvgIpc) is 2.41. The molecular weight excluding hydrogens is 224 g/mol. The molecule has 0 atom stereocenters. The molecule has 0 unspecified atom stereocenters. The van der Waals surface area contributed by atoms with Crippen LogP contribution in [0.3, 0.4) is 0 Å². The smallest absolute Gasteiger partial charge is 0.236 e. The van der Waals surface area contributed by atoms with Gasteiger partial charge in [-0.2, -0.15) is 0 Å². The lowest BCUT2D eigenvalue weighted by atomic mass is 10.1. The molecule has 98 valence electrons. The van der Waals surface area contributed by atoms with Crippen LogP contribution in [0.1, 0.15) is 19.4 Å². The largest absolute Gasteiger partial charge is 0.342 e. The zero-order valence-corrected chi connectivity index (χ0v) is 11.3. The number of rotatable bonds is 7. The summed E-state index contributed by atoms with van der Waals surface area (Å²) in [6, 6.07) is 10.0. The van der Waals surface area contributed by atoms with Crippen molar-refractivity contribution in [1.29, 1.82) is 0 Å². The van der Waals surface area contributed by atoms with Crippen LogP contribution in [0.2, 0.25) is 0 Å². The topological polar surface area (TPSA) is 32.3 Å². The highest BCUT2D eigenvalue weighted by atomic mass is 16.2. The molecule has 0 bridgehead atoms. The highest BCUT2D eigenvalue weighted by Gasteiger charge is 2.08. The van der Waals surface area contributed by atoms with Gasteiger partial charge in [0, 0.05) is 19.6 Å². The molecule has 0 aliphatic carbocycles. The maximum atomic E-state index is 11.8. The molecule has 0 saturated heterocycles. The van der Waals surface area contributed by atoms with Crippen LogP contribution in [0, 0.1) is 0 Å². The highest BCUT2D eigenvalue weighted by Crippen LogP contribution is 2.09. The lowest BCUT2D eigenvalue weighted by Gasteiger charge is -2.19. The molecule has 1 N–H and O–H groups in total. The van der Waals surface area contributed by atoms with Crippen LogP contribution in [0.15, 0.2) is 36.9 Å². The Hall–Kier alpha value is -1.61. The molecule has 1 aromatic rings. The van der Waals surface area contributed by atoms with Crippen LogP contribution in [0.5, 0.6) is 0 Å². The summed E-state index contributed by atoms with van der Waals surface area (Å²) in [6.45, 7) is 10.5. The Labute approximate surface area is 109 Å². The lowest BCUT2D eigenvalue weighted by molar-refractivity contribution is -0.129. The Bertz CT molecular complexity index is 383. The van der Waals surface area contributed by atoms with Crippen molar-refractivity contribution in [2.75, 3.05) is 26.2 Å². The molecule has 1 rings (SSSR count). The van der Waals surface area contributed by atoms with E-state index in [4.69, 9.17) is 0 Å². The van der Waals surface area contributed by atoms with Gasteiger partial charge in [-0.05, 0) is 25.0 Å². The number of amides is 1. The van der Waals surface area contributed by atoms with Crippen LogP contribution < -0.4 is 5.32 Å². The second-order valence-electron chi connectivity index (χ2n) is 4.14. The maximum absolute atomic E-state index is 11.8. The molecule has 0 fully saturated rings. The number of benzene rings is 1. The molecule has 0 spiro atoms. The lowest BCUT2D eigenvalue weighted by Crippen LogP contribution is -2.38. The van der Waals surface area contributed by atoms with Crippen molar-refractivity contribution < 1.29 is 4.79 Å². The fraction of sp³-hybridized carbons (Fsp3) is 0.400. The van der Waals surface area contributed by atoms with Crippen molar-refractivity contribution in [3.63, 3.8) is 0 Å². The van der Waals surface area contributed by atoms with Gasteiger partial charge in [0.2, 0.25) is 5.91 Å². The van der Waals surface area contributed by atoms with E-state index in [1.807, 2.05) is 49.1 Å².